The first-order valence-corrected chi connectivity index (χ1v) is 11.7. The highest BCUT2D eigenvalue weighted by molar-refractivity contribution is 5.91. The van der Waals surface area contributed by atoms with Gasteiger partial charge in [-0.05, 0) is 52.0 Å². The standard InChI is InChI=1S/C25H39N3O4/c1-7-8-9-14-26-23(30)22(19-12-10-17(2)11-13-19)28(20-15-18(20)3)21(29)16-27-24(31)32-25(4,5)6/h10-13,18,20,22H,7-9,14-16H2,1-6H3,(H,26,30)(H,27,31). The van der Waals surface area contributed by atoms with Crippen LogP contribution in [0.4, 0.5) is 4.79 Å². The van der Waals surface area contributed by atoms with Gasteiger partial charge < -0.3 is 20.3 Å². The fourth-order valence-corrected chi connectivity index (χ4v) is 3.63. The van der Waals surface area contributed by atoms with Crippen molar-refractivity contribution in [3.8, 4) is 0 Å². The van der Waals surface area contributed by atoms with Gasteiger partial charge in [0.1, 0.15) is 18.2 Å². The Bertz CT molecular complexity index is 785. The largest absolute Gasteiger partial charge is 0.444 e. The molecule has 0 heterocycles. The zero-order valence-electron chi connectivity index (χ0n) is 20.4. The van der Waals surface area contributed by atoms with Crippen LogP contribution < -0.4 is 10.6 Å². The Morgan fingerprint density at radius 1 is 1.12 bits per heavy atom. The summed E-state index contributed by atoms with van der Waals surface area (Å²) in [6, 6.07) is 6.94. The van der Waals surface area contributed by atoms with Gasteiger partial charge in [0.05, 0.1) is 0 Å². The van der Waals surface area contributed by atoms with E-state index in [0.29, 0.717) is 12.5 Å². The van der Waals surface area contributed by atoms with E-state index in [2.05, 4.69) is 24.5 Å². The first kappa shape index (κ1) is 25.7. The van der Waals surface area contributed by atoms with E-state index >= 15 is 0 Å². The Labute approximate surface area is 192 Å². The van der Waals surface area contributed by atoms with E-state index in [1.54, 1.807) is 25.7 Å². The molecule has 3 unspecified atom stereocenters. The summed E-state index contributed by atoms with van der Waals surface area (Å²) in [6.45, 7) is 11.8. The molecule has 0 spiro atoms. The summed E-state index contributed by atoms with van der Waals surface area (Å²) < 4.78 is 5.25. The molecule has 3 amide bonds. The van der Waals surface area contributed by atoms with E-state index < -0.39 is 17.7 Å². The summed E-state index contributed by atoms with van der Waals surface area (Å²) in [7, 11) is 0. The SMILES string of the molecule is CCCCCNC(=O)C(c1ccc(C)cc1)N(C(=O)CNC(=O)OC(C)(C)C)C1CC1C. The average molecular weight is 446 g/mol. The number of benzene rings is 1. The first-order valence-electron chi connectivity index (χ1n) is 11.7. The van der Waals surface area contributed by atoms with E-state index in [0.717, 1.165) is 36.8 Å². The highest BCUT2D eigenvalue weighted by Gasteiger charge is 2.46. The number of nitrogens with zero attached hydrogens (tertiary/aromatic N) is 1. The number of ether oxygens (including phenoxy) is 1. The van der Waals surface area contributed by atoms with Crippen LogP contribution in [0.3, 0.4) is 0 Å². The molecule has 7 nitrogen and oxygen atoms in total. The van der Waals surface area contributed by atoms with Crippen molar-refractivity contribution in [2.24, 2.45) is 5.92 Å². The Hall–Kier alpha value is -2.57. The minimum atomic E-state index is -0.736. The van der Waals surface area contributed by atoms with Crippen molar-refractivity contribution in [1.82, 2.24) is 15.5 Å². The molecule has 178 valence electrons. The second kappa shape index (κ2) is 11.3. The normalized spacial score (nSPS) is 18.4. The fraction of sp³-hybridized carbons (Fsp3) is 0.640. The molecular weight excluding hydrogens is 406 g/mol. The van der Waals surface area contributed by atoms with Gasteiger partial charge in [0.2, 0.25) is 11.8 Å². The van der Waals surface area contributed by atoms with E-state index in [-0.39, 0.29) is 24.4 Å². The number of carbonyl (C=O) groups excluding carboxylic acids is 3. The zero-order valence-corrected chi connectivity index (χ0v) is 20.4. The third-order valence-corrected chi connectivity index (χ3v) is 5.49. The molecule has 0 bridgehead atoms. The number of amides is 3. The monoisotopic (exact) mass is 445 g/mol. The average Bonchev–Trinajstić information content (AvgIpc) is 3.42. The minimum Gasteiger partial charge on any atom is -0.444 e. The van der Waals surface area contributed by atoms with Crippen LogP contribution in [0.15, 0.2) is 24.3 Å². The van der Waals surface area contributed by atoms with Gasteiger partial charge in [0.15, 0.2) is 0 Å². The Morgan fingerprint density at radius 2 is 1.75 bits per heavy atom. The molecule has 1 aliphatic rings. The third kappa shape index (κ3) is 7.84. The number of aryl methyl sites for hydroxylation is 1. The van der Waals surface area contributed by atoms with Gasteiger partial charge in [-0.2, -0.15) is 0 Å². The third-order valence-electron chi connectivity index (χ3n) is 5.49. The van der Waals surface area contributed by atoms with Crippen LogP contribution in [0, 0.1) is 12.8 Å². The molecule has 1 saturated carbocycles. The number of rotatable bonds is 10. The van der Waals surface area contributed by atoms with Gasteiger partial charge >= 0.3 is 6.09 Å². The fourth-order valence-electron chi connectivity index (χ4n) is 3.63. The molecule has 0 aromatic heterocycles. The summed E-state index contributed by atoms with van der Waals surface area (Å²) in [4.78, 5) is 40.3. The summed E-state index contributed by atoms with van der Waals surface area (Å²) >= 11 is 0. The topological polar surface area (TPSA) is 87.7 Å². The predicted molar refractivity (Wildman–Crippen MR) is 125 cm³/mol. The van der Waals surface area contributed by atoms with Gasteiger partial charge in [-0.3, -0.25) is 9.59 Å². The lowest BCUT2D eigenvalue weighted by Crippen LogP contribution is -2.49. The van der Waals surface area contributed by atoms with Crippen molar-refractivity contribution >= 4 is 17.9 Å². The van der Waals surface area contributed by atoms with Gasteiger partial charge in [0.25, 0.3) is 0 Å². The van der Waals surface area contributed by atoms with Gasteiger partial charge in [-0.25, -0.2) is 4.79 Å². The van der Waals surface area contributed by atoms with Crippen molar-refractivity contribution in [2.45, 2.75) is 84.9 Å². The van der Waals surface area contributed by atoms with E-state index in [1.165, 1.54) is 0 Å². The smallest absolute Gasteiger partial charge is 0.408 e. The van der Waals surface area contributed by atoms with Gasteiger partial charge in [-0.1, -0.05) is 56.5 Å². The number of hydrogen-bond acceptors (Lipinski definition) is 4. The lowest BCUT2D eigenvalue weighted by Gasteiger charge is -2.32. The Kier molecular flexibility index (Phi) is 9.10. The molecule has 32 heavy (non-hydrogen) atoms. The second-order valence-corrected chi connectivity index (χ2v) is 9.75. The molecule has 1 aliphatic carbocycles. The summed E-state index contributed by atoms with van der Waals surface area (Å²) in [6.07, 6.45) is 3.20. The zero-order chi connectivity index (χ0) is 23.9. The minimum absolute atomic E-state index is 0.0318. The van der Waals surface area contributed by atoms with Crippen LogP contribution in [-0.4, -0.2) is 47.5 Å². The van der Waals surface area contributed by atoms with E-state index in [9.17, 15) is 14.4 Å². The maximum atomic E-state index is 13.3. The van der Waals surface area contributed by atoms with Crippen LogP contribution in [0.2, 0.25) is 0 Å². The first-order chi connectivity index (χ1) is 15.0. The van der Waals surface area contributed by atoms with Crippen molar-refractivity contribution in [3.05, 3.63) is 35.4 Å². The maximum Gasteiger partial charge on any atom is 0.408 e. The van der Waals surface area contributed by atoms with Crippen molar-refractivity contribution in [1.29, 1.82) is 0 Å². The molecule has 0 radical (unpaired) electrons. The van der Waals surface area contributed by atoms with Crippen LogP contribution in [-0.2, 0) is 14.3 Å². The predicted octanol–water partition coefficient (Wildman–Crippen LogP) is 4.10. The van der Waals surface area contributed by atoms with E-state index in [1.807, 2.05) is 31.2 Å². The van der Waals surface area contributed by atoms with Crippen LogP contribution >= 0.6 is 0 Å². The van der Waals surface area contributed by atoms with Gasteiger partial charge in [0, 0.05) is 12.6 Å². The summed E-state index contributed by atoms with van der Waals surface area (Å²) in [5.74, 6) is -0.171. The van der Waals surface area contributed by atoms with E-state index in [4.69, 9.17) is 4.74 Å². The molecule has 3 atom stereocenters. The quantitative estimate of drug-likeness (QED) is 0.531. The highest BCUT2D eigenvalue weighted by Crippen LogP contribution is 2.40. The number of carbonyl (C=O) groups is 3. The van der Waals surface area contributed by atoms with Crippen molar-refractivity contribution in [3.63, 3.8) is 0 Å². The molecular formula is C25H39N3O4. The molecule has 0 saturated heterocycles. The molecule has 1 aromatic rings. The lowest BCUT2D eigenvalue weighted by molar-refractivity contribution is -0.141. The van der Waals surface area contributed by atoms with Crippen LogP contribution in [0.5, 0.6) is 0 Å². The molecule has 7 heteroatoms. The molecule has 1 aromatic carbocycles. The number of unbranched alkanes of at least 4 members (excludes halogenated alkanes) is 2. The van der Waals surface area contributed by atoms with Crippen LogP contribution in [0.1, 0.15) is 77.5 Å². The second-order valence-electron chi connectivity index (χ2n) is 9.75. The molecule has 2 N–H and O–H groups in total. The molecule has 0 aliphatic heterocycles. The van der Waals surface area contributed by atoms with Crippen molar-refractivity contribution < 1.29 is 19.1 Å². The number of nitrogens with one attached hydrogen (secondary N) is 2. The lowest BCUT2D eigenvalue weighted by atomic mass is 10.0. The Morgan fingerprint density at radius 3 is 2.28 bits per heavy atom. The number of hydrogen-bond donors (Lipinski definition) is 2. The van der Waals surface area contributed by atoms with Crippen LogP contribution in [0.25, 0.3) is 0 Å². The summed E-state index contributed by atoms with van der Waals surface area (Å²) in [5, 5.41) is 5.56. The van der Waals surface area contributed by atoms with Gasteiger partial charge in [-0.15, -0.1) is 0 Å². The maximum absolute atomic E-state index is 13.3. The highest BCUT2D eigenvalue weighted by atomic mass is 16.6. The molecule has 2 rings (SSSR count). The summed E-state index contributed by atoms with van der Waals surface area (Å²) in [5.41, 5.74) is 1.20. The Balaban J connectivity index is 2.22. The molecule has 1 fully saturated rings. The van der Waals surface area contributed by atoms with Crippen molar-refractivity contribution in [2.75, 3.05) is 13.1 Å². The number of alkyl carbamates (subject to hydrolysis) is 1.